The number of fused-ring (bicyclic) bond motifs is 1. The molecule has 156 valence electrons. The van der Waals surface area contributed by atoms with E-state index in [0.29, 0.717) is 5.57 Å². The summed E-state index contributed by atoms with van der Waals surface area (Å²) in [5, 5.41) is 10.7. The van der Waals surface area contributed by atoms with Crippen molar-refractivity contribution in [1.82, 2.24) is 4.90 Å². The van der Waals surface area contributed by atoms with Gasteiger partial charge in [0, 0.05) is 18.0 Å². The van der Waals surface area contributed by atoms with Crippen molar-refractivity contribution in [2.45, 2.75) is 64.4 Å². The highest BCUT2D eigenvalue weighted by Gasteiger charge is 2.59. The molecule has 28 heavy (non-hydrogen) atoms. The van der Waals surface area contributed by atoms with Crippen LogP contribution in [0.2, 0.25) is 0 Å². The van der Waals surface area contributed by atoms with Crippen LogP contribution in [-0.2, 0) is 28.6 Å². The lowest BCUT2D eigenvalue weighted by Gasteiger charge is -2.29. The molecular formula is C20H29NO7. The summed E-state index contributed by atoms with van der Waals surface area (Å²) >= 11 is 0. The van der Waals surface area contributed by atoms with Crippen LogP contribution in [0.25, 0.3) is 0 Å². The van der Waals surface area contributed by atoms with Crippen LogP contribution in [0.4, 0.5) is 0 Å². The van der Waals surface area contributed by atoms with Crippen molar-refractivity contribution in [2.75, 3.05) is 19.7 Å². The number of carbonyl (C=O) groups excluding carboxylic acids is 3. The number of ether oxygens (including phenoxy) is 3. The standard InChI is InChI=1S/C20H29NO7/c1-5-11(2)17(22)28-15-7-9-21-8-6-14(16(15)21)10-26-19(24)20(25)12(3)18(23)27-13(20)4/h5,12-16,25H,6-10H2,1-4H3. The van der Waals surface area contributed by atoms with Crippen LogP contribution in [0, 0.1) is 11.8 Å². The Labute approximate surface area is 164 Å². The molecule has 0 bridgehead atoms. The van der Waals surface area contributed by atoms with Gasteiger partial charge in [-0.2, -0.15) is 0 Å². The SMILES string of the molecule is CC=C(C)C(=O)OC1CCN2CCC(COC(=O)C3(O)C(C)OC(=O)C3C)C12. The predicted octanol–water partition coefficient (Wildman–Crippen LogP) is 0.814. The molecular weight excluding hydrogens is 366 g/mol. The first kappa shape index (κ1) is 20.8. The molecule has 6 atom stereocenters. The van der Waals surface area contributed by atoms with Crippen molar-refractivity contribution in [3.8, 4) is 0 Å². The average Bonchev–Trinajstić information content (AvgIpc) is 3.31. The van der Waals surface area contributed by atoms with Crippen molar-refractivity contribution in [3.63, 3.8) is 0 Å². The van der Waals surface area contributed by atoms with Crippen LogP contribution in [-0.4, -0.2) is 71.5 Å². The van der Waals surface area contributed by atoms with Gasteiger partial charge in [0.2, 0.25) is 5.60 Å². The molecule has 8 heteroatoms. The first-order chi connectivity index (χ1) is 13.2. The Balaban J connectivity index is 1.62. The topological polar surface area (TPSA) is 102 Å². The van der Waals surface area contributed by atoms with Gasteiger partial charge in [-0.15, -0.1) is 0 Å². The van der Waals surface area contributed by atoms with E-state index >= 15 is 0 Å². The zero-order valence-corrected chi connectivity index (χ0v) is 16.8. The smallest absolute Gasteiger partial charge is 0.343 e. The van der Waals surface area contributed by atoms with Crippen molar-refractivity contribution < 1.29 is 33.7 Å². The molecule has 0 spiro atoms. The molecule has 0 aliphatic carbocycles. The fourth-order valence-corrected chi connectivity index (χ4v) is 4.41. The lowest BCUT2D eigenvalue weighted by atomic mass is 9.87. The summed E-state index contributed by atoms with van der Waals surface area (Å²) in [5.41, 5.74) is -1.41. The van der Waals surface area contributed by atoms with Crippen LogP contribution in [0.1, 0.15) is 40.5 Å². The quantitative estimate of drug-likeness (QED) is 0.415. The zero-order chi connectivity index (χ0) is 20.6. The molecule has 3 aliphatic heterocycles. The molecule has 0 aromatic rings. The monoisotopic (exact) mass is 395 g/mol. The number of allylic oxidation sites excluding steroid dienone is 1. The van der Waals surface area contributed by atoms with Crippen molar-refractivity contribution in [1.29, 1.82) is 0 Å². The maximum Gasteiger partial charge on any atom is 0.343 e. The van der Waals surface area contributed by atoms with Gasteiger partial charge in [0.15, 0.2) is 0 Å². The summed E-state index contributed by atoms with van der Waals surface area (Å²) in [6.45, 7) is 8.24. The minimum absolute atomic E-state index is 0.00222. The Hall–Kier alpha value is -1.93. The highest BCUT2D eigenvalue weighted by atomic mass is 16.6. The summed E-state index contributed by atoms with van der Waals surface area (Å²) in [7, 11) is 0. The molecule has 1 N–H and O–H groups in total. The molecule has 0 saturated carbocycles. The molecule has 8 nitrogen and oxygen atoms in total. The summed E-state index contributed by atoms with van der Waals surface area (Å²) in [5.74, 6) is -2.74. The molecule has 3 aliphatic rings. The molecule has 0 aromatic carbocycles. The van der Waals surface area contributed by atoms with Gasteiger partial charge in [-0.3, -0.25) is 9.69 Å². The maximum absolute atomic E-state index is 12.6. The third-order valence-electron chi connectivity index (χ3n) is 6.47. The third kappa shape index (κ3) is 3.43. The molecule has 3 heterocycles. The zero-order valence-electron chi connectivity index (χ0n) is 16.8. The van der Waals surface area contributed by atoms with Gasteiger partial charge in [0.1, 0.15) is 12.2 Å². The van der Waals surface area contributed by atoms with E-state index in [1.807, 2.05) is 0 Å². The van der Waals surface area contributed by atoms with Crippen LogP contribution >= 0.6 is 0 Å². The molecule has 6 unspecified atom stereocenters. The summed E-state index contributed by atoms with van der Waals surface area (Å²) in [6.07, 6.45) is 2.08. The first-order valence-corrected chi connectivity index (χ1v) is 9.88. The molecule has 3 saturated heterocycles. The van der Waals surface area contributed by atoms with Crippen molar-refractivity contribution in [3.05, 3.63) is 11.6 Å². The number of cyclic esters (lactones) is 1. The van der Waals surface area contributed by atoms with Crippen molar-refractivity contribution >= 4 is 17.9 Å². The van der Waals surface area contributed by atoms with Gasteiger partial charge in [-0.25, -0.2) is 9.59 Å². The van der Waals surface area contributed by atoms with E-state index in [2.05, 4.69) is 4.90 Å². The minimum Gasteiger partial charge on any atom is -0.463 e. The number of hydrogen-bond acceptors (Lipinski definition) is 8. The third-order valence-corrected chi connectivity index (χ3v) is 6.47. The fourth-order valence-electron chi connectivity index (χ4n) is 4.41. The van der Waals surface area contributed by atoms with Gasteiger partial charge in [0.05, 0.1) is 18.6 Å². The van der Waals surface area contributed by atoms with E-state index in [4.69, 9.17) is 14.2 Å². The number of hydrogen-bond donors (Lipinski definition) is 1. The number of aliphatic hydroxyl groups is 1. The lowest BCUT2D eigenvalue weighted by molar-refractivity contribution is -0.176. The maximum atomic E-state index is 12.6. The number of nitrogens with zero attached hydrogens (tertiary/aromatic N) is 1. The van der Waals surface area contributed by atoms with Gasteiger partial charge < -0.3 is 19.3 Å². The van der Waals surface area contributed by atoms with Crippen molar-refractivity contribution in [2.24, 2.45) is 11.8 Å². The Bertz CT molecular complexity index is 690. The second kappa shape index (κ2) is 7.83. The van der Waals surface area contributed by atoms with E-state index in [9.17, 15) is 19.5 Å². The number of rotatable bonds is 5. The number of esters is 3. The molecule has 0 radical (unpaired) electrons. The summed E-state index contributed by atoms with van der Waals surface area (Å²) < 4.78 is 16.1. The van der Waals surface area contributed by atoms with E-state index in [0.717, 1.165) is 25.9 Å². The lowest BCUT2D eigenvalue weighted by Crippen LogP contribution is -2.51. The first-order valence-electron chi connectivity index (χ1n) is 9.88. The highest BCUT2D eigenvalue weighted by molar-refractivity contribution is 5.91. The highest BCUT2D eigenvalue weighted by Crippen LogP contribution is 2.37. The van der Waals surface area contributed by atoms with Gasteiger partial charge in [0.25, 0.3) is 0 Å². The predicted molar refractivity (Wildman–Crippen MR) is 98.0 cm³/mol. The summed E-state index contributed by atoms with van der Waals surface area (Å²) in [4.78, 5) is 38.6. The normalized spacial score (nSPS) is 38.2. The van der Waals surface area contributed by atoms with Crippen LogP contribution in [0.15, 0.2) is 11.6 Å². The Morgan fingerprint density at radius 1 is 1.32 bits per heavy atom. The van der Waals surface area contributed by atoms with E-state index in [-0.39, 0.29) is 30.6 Å². The summed E-state index contributed by atoms with van der Waals surface area (Å²) in [6, 6.07) is -0.00708. The number of carbonyl (C=O) groups is 3. The van der Waals surface area contributed by atoms with E-state index in [1.165, 1.54) is 13.8 Å². The molecule has 3 rings (SSSR count). The van der Waals surface area contributed by atoms with E-state index < -0.39 is 29.6 Å². The Kier molecular flexibility index (Phi) is 5.82. The average molecular weight is 395 g/mol. The fraction of sp³-hybridized carbons (Fsp3) is 0.750. The molecule has 3 fully saturated rings. The van der Waals surface area contributed by atoms with Gasteiger partial charge >= 0.3 is 17.9 Å². The van der Waals surface area contributed by atoms with Gasteiger partial charge in [-0.05, 0) is 47.1 Å². The minimum atomic E-state index is -1.97. The second-order valence-electron chi connectivity index (χ2n) is 8.00. The van der Waals surface area contributed by atoms with E-state index in [1.54, 1.807) is 19.9 Å². The second-order valence-corrected chi connectivity index (χ2v) is 8.00. The van der Waals surface area contributed by atoms with Crippen LogP contribution < -0.4 is 0 Å². The molecule has 0 amide bonds. The van der Waals surface area contributed by atoms with Crippen LogP contribution in [0.5, 0.6) is 0 Å². The van der Waals surface area contributed by atoms with Gasteiger partial charge in [-0.1, -0.05) is 6.08 Å². The Morgan fingerprint density at radius 3 is 2.61 bits per heavy atom. The van der Waals surface area contributed by atoms with Crippen LogP contribution in [0.3, 0.4) is 0 Å². The largest absolute Gasteiger partial charge is 0.463 e. The Morgan fingerprint density at radius 2 is 2.00 bits per heavy atom. The molecule has 0 aromatic heterocycles.